The molecule has 100 valence electrons. The molecule has 2 N–H and O–H groups in total. The maximum Gasteiger partial charge on any atom is 0.222 e. The molecule has 17 heavy (non-hydrogen) atoms. The van der Waals surface area contributed by atoms with Gasteiger partial charge >= 0.3 is 0 Å². The van der Waals surface area contributed by atoms with Crippen molar-refractivity contribution in [3.63, 3.8) is 0 Å². The van der Waals surface area contributed by atoms with E-state index in [0.717, 1.165) is 32.3 Å². The maximum absolute atomic E-state index is 11.6. The summed E-state index contributed by atoms with van der Waals surface area (Å²) in [4.78, 5) is 11.6. The first kappa shape index (κ1) is 14.5. The van der Waals surface area contributed by atoms with Crippen molar-refractivity contribution in [2.75, 3.05) is 13.2 Å². The van der Waals surface area contributed by atoms with Crippen LogP contribution in [0.2, 0.25) is 0 Å². The maximum atomic E-state index is 11.6. The lowest BCUT2D eigenvalue weighted by molar-refractivity contribution is -0.125. The van der Waals surface area contributed by atoms with Crippen LogP contribution in [0, 0.1) is 5.92 Å². The van der Waals surface area contributed by atoms with Crippen LogP contribution in [0.4, 0.5) is 0 Å². The van der Waals surface area contributed by atoms with Gasteiger partial charge in [0.1, 0.15) is 0 Å². The average Bonchev–Trinajstić information content (AvgIpc) is 2.27. The minimum absolute atomic E-state index is 0.0142. The molecular formula is C13H25NO3. The van der Waals surface area contributed by atoms with Crippen LogP contribution in [0.15, 0.2) is 0 Å². The molecule has 0 aromatic heterocycles. The number of hydrogen-bond acceptors (Lipinski definition) is 3. The van der Waals surface area contributed by atoms with Crippen LogP contribution >= 0.6 is 0 Å². The molecule has 1 saturated heterocycles. The molecule has 2 unspecified atom stereocenters. The molecule has 1 fully saturated rings. The SMILES string of the molecule is CC(C)CC(O)CNC(=O)CC1CCCCO1. The molecule has 0 spiro atoms. The number of rotatable bonds is 6. The van der Waals surface area contributed by atoms with Gasteiger partial charge in [0.25, 0.3) is 0 Å². The Morgan fingerprint density at radius 2 is 2.24 bits per heavy atom. The first-order chi connectivity index (χ1) is 8.08. The third-order valence-corrected chi connectivity index (χ3v) is 2.97. The van der Waals surface area contributed by atoms with E-state index >= 15 is 0 Å². The van der Waals surface area contributed by atoms with Crippen molar-refractivity contribution in [1.82, 2.24) is 5.32 Å². The summed E-state index contributed by atoms with van der Waals surface area (Å²) in [5, 5.41) is 12.4. The Balaban J connectivity index is 2.11. The van der Waals surface area contributed by atoms with Crippen molar-refractivity contribution < 1.29 is 14.6 Å². The third kappa shape index (κ3) is 6.64. The van der Waals surface area contributed by atoms with E-state index in [4.69, 9.17) is 4.74 Å². The lowest BCUT2D eigenvalue weighted by Crippen LogP contribution is -2.35. The number of carbonyl (C=O) groups is 1. The highest BCUT2D eigenvalue weighted by Crippen LogP contribution is 2.15. The molecule has 1 aliphatic heterocycles. The predicted molar refractivity (Wildman–Crippen MR) is 66.7 cm³/mol. The molecule has 0 aromatic rings. The van der Waals surface area contributed by atoms with Gasteiger partial charge in [-0.15, -0.1) is 0 Å². The lowest BCUT2D eigenvalue weighted by atomic mass is 10.1. The quantitative estimate of drug-likeness (QED) is 0.742. The van der Waals surface area contributed by atoms with E-state index in [9.17, 15) is 9.90 Å². The van der Waals surface area contributed by atoms with Crippen molar-refractivity contribution >= 4 is 5.91 Å². The predicted octanol–water partition coefficient (Wildman–Crippen LogP) is 1.47. The van der Waals surface area contributed by atoms with Crippen LogP contribution in [-0.4, -0.2) is 36.4 Å². The zero-order valence-corrected chi connectivity index (χ0v) is 10.9. The first-order valence-corrected chi connectivity index (χ1v) is 6.64. The molecule has 0 radical (unpaired) electrons. The highest BCUT2D eigenvalue weighted by Gasteiger charge is 2.18. The summed E-state index contributed by atoms with van der Waals surface area (Å²) in [6.07, 6.45) is 4.01. The van der Waals surface area contributed by atoms with Gasteiger partial charge in [0.2, 0.25) is 5.91 Å². The monoisotopic (exact) mass is 243 g/mol. The van der Waals surface area contributed by atoms with Crippen molar-refractivity contribution in [3.8, 4) is 0 Å². The Morgan fingerprint density at radius 1 is 1.47 bits per heavy atom. The average molecular weight is 243 g/mol. The highest BCUT2D eigenvalue weighted by atomic mass is 16.5. The number of carbonyl (C=O) groups excluding carboxylic acids is 1. The Labute approximate surface area is 104 Å². The largest absolute Gasteiger partial charge is 0.391 e. The van der Waals surface area contributed by atoms with E-state index in [1.165, 1.54) is 0 Å². The van der Waals surface area contributed by atoms with Gasteiger partial charge in [0.15, 0.2) is 0 Å². The third-order valence-electron chi connectivity index (χ3n) is 2.97. The second-order valence-electron chi connectivity index (χ2n) is 5.28. The van der Waals surface area contributed by atoms with E-state index in [1.54, 1.807) is 0 Å². The van der Waals surface area contributed by atoms with Crippen LogP contribution in [0.25, 0.3) is 0 Å². The topological polar surface area (TPSA) is 58.6 Å². The highest BCUT2D eigenvalue weighted by molar-refractivity contribution is 5.76. The Morgan fingerprint density at radius 3 is 2.82 bits per heavy atom. The zero-order chi connectivity index (χ0) is 12.7. The number of nitrogens with one attached hydrogen (secondary N) is 1. The summed E-state index contributed by atoms with van der Waals surface area (Å²) < 4.78 is 5.50. The number of amides is 1. The van der Waals surface area contributed by atoms with Gasteiger partial charge in [-0.05, 0) is 31.6 Å². The summed E-state index contributed by atoms with van der Waals surface area (Å²) in [6, 6.07) is 0. The van der Waals surface area contributed by atoms with Crippen molar-refractivity contribution in [2.24, 2.45) is 5.92 Å². The molecule has 4 nitrogen and oxygen atoms in total. The molecule has 0 saturated carbocycles. The number of aliphatic hydroxyl groups is 1. The van der Waals surface area contributed by atoms with Gasteiger partial charge in [0.05, 0.1) is 18.6 Å². The Bertz CT molecular complexity index is 225. The van der Waals surface area contributed by atoms with E-state index in [1.807, 2.05) is 0 Å². The standard InChI is InChI=1S/C13H25NO3/c1-10(2)7-11(15)9-14-13(16)8-12-5-3-4-6-17-12/h10-12,15H,3-9H2,1-2H3,(H,14,16). The molecule has 0 bridgehead atoms. The lowest BCUT2D eigenvalue weighted by Gasteiger charge is -2.22. The second-order valence-corrected chi connectivity index (χ2v) is 5.28. The van der Waals surface area contributed by atoms with Crippen LogP contribution < -0.4 is 5.32 Å². The molecule has 1 amide bonds. The fraction of sp³-hybridized carbons (Fsp3) is 0.923. The minimum atomic E-state index is -0.439. The van der Waals surface area contributed by atoms with E-state index in [0.29, 0.717) is 18.9 Å². The van der Waals surface area contributed by atoms with Crippen molar-refractivity contribution in [3.05, 3.63) is 0 Å². The number of ether oxygens (including phenoxy) is 1. The summed E-state index contributed by atoms with van der Waals surface area (Å²) in [5.74, 6) is 0.434. The van der Waals surface area contributed by atoms with Crippen LogP contribution in [-0.2, 0) is 9.53 Å². The fourth-order valence-corrected chi connectivity index (χ4v) is 2.11. The summed E-state index contributed by atoms with van der Waals surface area (Å²) in [5.41, 5.74) is 0. The summed E-state index contributed by atoms with van der Waals surface area (Å²) in [6.45, 7) is 5.24. The Hall–Kier alpha value is -0.610. The van der Waals surface area contributed by atoms with E-state index in [-0.39, 0.29) is 12.0 Å². The molecule has 0 aromatic carbocycles. The normalized spacial score (nSPS) is 22.5. The van der Waals surface area contributed by atoms with Gasteiger partial charge in [-0.25, -0.2) is 0 Å². The van der Waals surface area contributed by atoms with Crippen LogP contribution in [0.3, 0.4) is 0 Å². The smallest absolute Gasteiger partial charge is 0.222 e. The van der Waals surface area contributed by atoms with E-state index < -0.39 is 6.10 Å². The minimum Gasteiger partial charge on any atom is -0.391 e. The van der Waals surface area contributed by atoms with Gasteiger partial charge in [-0.2, -0.15) is 0 Å². The van der Waals surface area contributed by atoms with Gasteiger partial charge in [-0.3, -0.25) is 4.79 Å². The molecule has 0 aliphatic carbocycles. The van der Waals surface area contributed by atoms with Crippen molar-refractivity contribution in [1.29, 1.82) is 0 Å². The first-order valence-electron chi connectivity index (χ1n) is 6.64. The molecule has 1 heterocycles. The molecule has 4 heteroatoms. The van der Waals surface area contributed by atoms with Crippen LogP contribution in [0.1, 0.15) is 46.0 Å². The molecule has 2 atom stereocenters. The zero-order valence-electron chi connectivity index (χ0n) is 10.9. The number of hydrogen-bond donors (Lipinski definition) is 2. The van der Waals surface area contributed by atoms with Gasteiger partial charge in [0, 0.05) is 13.2 Å². The molecular weight excluding hydrogens is 218 g/mol. The molecule has 1 rings (SSSR count). The van der Waals surface area contributed by atoms with Gasteiger partial charge in [-0.1, -0.05) is 13.8 Å². The van der Waals surface area contributed by atoms with Crippen molar-refractivity contribution in [2.45, 2.75) is 58.2 Å². The van der Waals surface area contributed by atoms with E-state index in [2.05, 4.69) is 19.2 Å². The summed E-state index contributed by atoms with van der Waals surface area (Å²) in [7, 11) is 0. The fourth-order valence-electron chi connectivity index (χ4n) is 2.11. The second kappa shape index (κ2) is 7.67. The number of aliphatic hydroxyl groups excluding tert-OH is 1. The molecule has 1 aliphatic rings. The van der Waals surface area contributed by atoms with Crippen LogP contribution in [0.5, 0.6) is 0 Å². The Kier molecular flexibility index (Phi) is 6.52. The summed E-state index contributed by atoms with van der Waals surface area (Å²) >= 11 is 0. The van der Waals surface area contributed by atoms with Gasteiger partial charge < -0.3 is 15.2 Å².